The van der Waals surface area contributed by atoms with E-state index in [1.807, 2.05) is 55.5 Å². The lowest BCUT2D eigenvalue weighted by Gasteiger charge is -2.30. The van der Waals surface area contributed by atoms with Crippen molar-refractivity contribution in [1.82, 2.24) is 5.32 Å². The van der Waals surface area contributed by atoms with E-state index < -0.39 is 15.9 Å². The summed E-state index contributed by atoms with van der Waals surface area (Å²) in [6.07, 6.45) is 1.57. The molecule has 0 bridgehead atoms. The van der Waals surface area contributed by atoms with E-state index in [1.165, 1.54) is 22.5 Å². The number of nitrogens with zero attached hydrogens (tertiary/aromatic N) is 1. The van der Waals surface area contributed by atoms with E-state index in [0.717, 1.165) is 29.5 Å². The fourth-order valence-electron chi connectivity index (χ4n) is 3.97. The molecular formula is C26H27ClN2O4S. The molecule has 0 aliphatic carbocycles. The Morgan fingerprint density at radius 1 is 1.06 bits per heavy atom. The number of rotatable bonds is 8. The number of nitrogens with one attached hydrogen (secondary N) is 1. The minimum atomic E-state index is -3.85. The molecule has 0 unspecified atom stereocenters. The minimum Gasteiger partial charge on any atom is -0.377 e. The average Bonchev–Trinajstić information content (AvgIpc) is 2.86. The highest BCUT2D eigenvalue weighted by molar-refractivity contribution is 7.92. The molecule has 1 amide bonds. The van der Waals surface area contributed by atoms with Gasteiger partial charge >= 0.3 is 0 Å². The lowest BCUT2D eigenvalue weighted by atomic mass is 10.0. The highest BCUT2D eigenvalue weighted by atomic mass is 35.5. The molecule has 3 aromatic rings. The Labute approximate surface area is 205 Å². The molecule has 34 heavy (non-hydrogen) atoms. The van der Waals surface area contributed by atoms with E-state index in [9.17, 15) is 13.2 Å². The van der Waals surface area contributed by atoms with Crippen LogP contribution >= 0.6 is 11.6 Å². The Balaban J connectivity index is 1.51. The molecule has 1 aliphatic heterocycles. The molecule has 0 saturated carbocycles. The largest absolute Gasteiger partial charge is 0.377 e. The summed E-state index contributed by atoms with van der Waals surface area (Å²) in [6.45, 7) is 3.82. The van der Waals surface area contributed by atoms with Gasteiger partial charge in [-0.05, 0) is 60.7 Å². The van der Waals surface area contributed by atoms with Crippen molar-refractivity contribution in [3.05, 3.63) is 94.0 Å². The average molecular weight is 499 g/mol. The summed E-state index contributed by atoms with van der Waals surface area (Å²) in [6, 6.07) is 19.5. The quantitative estimate of drug-likeness (QED) is 0.477. The van der Waals surface area contributed by atoms with Crippen molar-refractivity contribution in [3.63, 3.8) is 0 Å². The highest BCUT2D eigenvalue weighted by Gasteiger charge is 2.29. The summed E-state index contributed by atoms with van der Waals surface area (Å²) < 4.78 is 33.7. The minimum absolute atomic E-state index is 0.0408. The molecule has 6 nitrogen and oxygen atoms in total. The van der Waals surface area contributed by atoms with Gasteiger partial charge in [0.25, 0.3) is 15.9 Å². The topological polar surface area (TPSA) is 75.7 Å². The van der Waals surface area contributed by atoms with Gasteiger partial charge in [0.1, 0.15) is 0 Å². The van der Waals surface area contributed by atoms with E-state index in [-0.39, 0.29) is 15.5 Å². The summed E-state index contributed by atoms with van der Waals surface area (Å²) in [5, 5.41) is 3.03. The first-order valence-electron chi connectivity index (χ1n) is 11.2. The summed E-state index contributed by atoms with van der Waals surface area (Å²) >= 11 is 6.28. The predicted molar refractivity (Wildman–Crippen MR) is 134 cm³/mol. The van der Waals surface area contributed by atoms with Crippen LogP contribution in [-0.2, 0) is 34.3 Å². The van der Waals surface area contributed by atoms with Crippen LogP contribution < -0.4 is 9.62 Å². The molecule has 0 saturated heterocycles. The summed E-state index contributed by atoms with van der Waals surface area (Å²) in [5.41, 5.74) is 3.77. The first kappa shape index (κ1) is 24.3. The Morgan fingerprint density at radius 2 is 1.79 bits per heavy atom. The molecule has 0 atom stereocenters. The van der Waals surface area contributed by atoms with Crippen LogP contribution in [0, 0.1) is 0 Å². The van der Waals surface area contributed by atoms with Crippen LogP contribution in [0.15, 0.2) is 71.6 Å². The van der Waals surface area contributed by atoms with Crippen molar-refractivity contribution in [2.24, 2.45) is 0 Å². The van der Waals surface area contributed by atoms with Gasteiger partial charge in [0, 0.05) is 19.7 Å². The number of aryl methyl sites for hydroxylation is 1. The van der Waals surface area contributed by atoms with Gasteiger partial charge < -0.3 is 10.1 Å². The van der Waals surface area contributed by atoms with Gasteiger partial charge in [-0.25, -0.2) is 8.42 Å². The van der Waals surface area contributed by atoms with Crippen LogP contribution in [0.4, 0.5) is 5.69 Å². The van der Waals surface area contributed by atoms with Crippen molar-refractivity contribution in [3.8, 4) is 0 Å². The normalized spacial score (nSPS) is 13.4. The zero-order chi connectivity index (χ0) is 24.1. The van der Waals surface area contributed by atoms with E-state index in [4.69, 9.17) is 16.3 Å². The molecule has 8 heteroatoms. The number of amides is 1. The van der Waals surface area contributed by atoms with E-state index in [1.54, 1.807) is 0 Å². The molecule has 0 fully saturated rings. The standard InChI is InChI=1S/C26H27ClN2O4S/c1-2-33-18-20-11-9-19(10-12-20)17-28-26(30)23-16-22(13-14-24(23)27)34(31,32)29-15-5-7-21-6-3-4-8-25(21)29/h3-4,6,8-14,16H,2,5,7,15,17-18H2,1H3,(H,28,30). The second kappa shape index (κ2) is 10.6. The molecule has 3 aromatic carbocycles. The molecule has 1 N–H and O–H groups in total. The molecule has 1 heterocycles. The second-order valence-corrected chi connectivity index (χ2v) is 10.4. The lowest BCUT2D eigenvalue weighted by molar-refractivity contribution is 0.0951. The fourth-order valence-corrected chi connectivity index (χ4v) is 5.74. The Bertz CT molecular complexity index is 1280. The van der Waals surface area contributed by atoms with Gasteiger partial charge in [-0.3, -0.25) is 9.10 Å². The van der Waals surface area contributed by atoms with Gasteiger partial charge in [0.15, 0.2) is 0 Å². The molecule has 0 aromatic heterocycles. The van der Waals surface area contributed by atoms with Crippen molar-refractivity contribution in [2.75, 3.05) is 17.5 Å². The maximum atomic E-state index is 13.5. The number of anilines is 1. The number of carbonyl (C=O) groups is 1. The van der Waals surface area contributed by atoms with Crippen molar-refractivity contribution >= 4 is 33.2 Å². The highest BCUT2D eigenvalue weighted by Crippen LogP contribution is 2.32. The first-order valence-corrected chi connectivity index (χ1v) is 13.1. The smallest absolute Gasteiger partial charge is 0.264 e. The van der Waals surface area contributed by atoms with Crippen LogP contribution in [-0.4, -0.2) is 27.5 Å². The number of ether oxygens (including phenoxy) is 1. The maximum Gasteiger partial charge on any atom is 0.264 e. The van der Waals surface area contributed by atoms with Crippen LogP contribution in [0.25, 0.3) is 0 Å². The third kappa shape index (κ3) is 5.27. The second-order valence-electron chi connectivity index (χ2n) is 8.09. The number of hydrogen-bond donors (Lipinski definition) is 1. The van der Waals surface area contributed by atoms with Crippen LogP contribution in [0.1, 0.15) is 40.4 Å². The zero-order valence-electron chi connectivity index (χ0n) is 19.0. The van der Waals surface area contributed by atoms with Gasteiger partial charge in [0.05, 0.1) is 27.8 Å². The van der Waals surface area contributed by atoms with E-state index in [2.05, 4.69) is 5.32 Å². The third-order valence-corrected chi connectivity index (χ3v) is 7.93. The number of hydrogen-bond acceptors (Lipinski definition) is 4. The summed E-state index contributed by atoms with van der Waals surface area (Å²) in [5.74, 6) is -0.431. The monoisotopic (exact) mass is 498 g/mol. The Hall–Kier alpha value is -2.87. The van der Waals surface area contributed by atoms with Crippen LogP contribution in [0.2, 0.25) is 5.02 Å². The van der Waals surface area contributed by atoms with Gasteiger partial charge in [-0.15, -0.1) is 0 Å². The molecule has 1 aliphatic rings. The Kier molecular flexibility index (Phi) is 7.56. The number of carbonyl (C=O) groups excluding carboxylic acids is 1. The first-order chi connectivity index (χ1) is 16.4. The number of para-hydroxylation sites is 1. The molecule has 0 radical (unpaired) electrons. The zero-order valence-corrected chi connectivity index (χ0v) is 20.5. The summed E-state index contributed by atoms with van der Waals surface area (Å²) in [7, 11) is -3.85. The van der Waals surface area contributed by atoms with Crippen LogP contribution in [0.3, 0.4) is 0 Å². The summed E-state index contributed by atoms with van der Waals surface area (Å²) in [4.78, 5) is 12.9. The third-order valence-electron chi connectivity index (χ3n) is 5.79. The molecular weight excluding hydrogens is 472 g/mol. The van der Waals surface area contributed by atoms with Crippen molar-refractivity contribution in [1.29, 1.82) is 0 Å². The van der Waals surface area contributed by atoms with Gasteiger partial charge in [0.2, 0.25) is 0 Å². The molecule has 178 valence electrons. The SMILES string of the molecule is CCOCc1ccc(CNC(=O)c2cc(S(=O)(=O)N3CCCc4ccccc43)ccc2Cl)cc1. The fraction of sp³-hybridized carbons (Fsp3) is 0.269. The van der Waals surface area contributed by atoms with Crippen LogP contribution in [0.5, 0.6) is 0 Å². The van der Waals surface area contributed by atoms with Gasteiger partial charge in [-0.2, -0.15) is 0 Å². The van der Waals surface area contributed by atoms with Crippen molar-refractivity contribution in [2.45, 2.75) is 37.8 Å². The number of benzene rings is 3. The van der Waals surface area contributed by atoms with Gasteiger partial charge in [-0.1, -0.05) is 54.1 Å². The van der Waals surface area contributed by atoms with E-state index >= 15 is 0 Å². The number of halogens is 1. The van der Waals surface area contributed by atoms with Crippen molar-refractivity contribution < 1.29 is 17.9 Å². The molecule has 0 spiro atoms. The lowest BCUT2D eigenvalue weighted by Crippen LogP contribution is -2.35. The number of sulfonamides is 1. The number of fused-ring (bicyclic) bond motifs is 1. The predicted octanol–water partition coefficient (Wildman–Crippen LogP) is 4.95. The molecule has 4 rings (SSSR count). The van der Waals surface area contributed by atoms with E-state index in [0.29, 0.717) is 32.0 Å². The maximum absolute atomic E-state index is 13.5. The Morgan fingerprint density at radius 3 is 2.56 bits per heavy atom.